The van der Waals surface area contributed by atoms with Gasteiger partial charge in [0.15, 0.2) is 36.3 Å². The Kier molecular flexibility index (Phi) is 9.45. The Morgan fingerprint density at radius 2 is 1.15 bits per heavy atom. The number of nitrogens with zero attached hydrogens (tertiary/aromatic N) is 2. The molecule has 0 bridgehead atoms. The van der Waals surface area contributed by atoms with Crippen molar-refractivity contribution in [2.75, 3.05) is 7.11 Å². The third-order valence-corrected chi connectivity index (χ3v) is 5.79. The number of aryl methyl sites for hydroxylation is 6. The maximum atomic E-state index is 6.21. The van der Waals surface area contributed by atoms with Crippen molar-refractivity contribution in [3.63, 3.8) is 0 Å². The standard InChI is InChI=1S/C29H32N2O2.HI/c1-30-18-4-6-25(21-30)10-8-23-12-15-27(16-13-23)33-29-20-24(14-17-28(29)32-3)9-11-26-7-5-19-31(2)22-26;/h4-7,12-22H,8-11H2,1-3H3;1H/q+2;/p-1. The Morgan fingerprint density at radius 1 is 0.618 bits per heavy atom. The first kappa shape index (κ1) is 25.7. The summed E-state index contributed by atoms with van der Waals surface area (Å²) in [4.78, 5) is 0. The summed E-state index contributed by atoms with van der Waals surface area (Å²) in [5.74, 6) is 2.31. The SMILES string of the molecule is COc1ccc(CCc2ccc[n+](C)c2)cc1Oc1ccc(CCc2ccc[n+](C)c2)cc1.[I-]. The van der Waals surface area contributed by atoms with Crippen LogP contribution in [0.15, 0.2) is 91.5 Å². The molecule has 0 saturated heterocycles. The molecule has 176 valence electrons. The summed E-state index contributed by atoms with van der Waals surface area (Å²) in [7, 11) is 5.79. The smallest absolute Gasteiger partial charge is 0.171 e. The Bertz CT molecular complexity index is 1210. The molecule has 4 nitrogen and oxygen atoms in total. The minimum atomic E-state index is 0. The summed E-state index contributed by atoms with van der Waals surface area (Å²) in [5, 5.41) is 0. The molecule has 2 aromatic heterocycles. The lowest BCUT2D eigenvalue weighted by atomic mass is 10.0. The van der Waals surface area contributed by atoms with Crippen LogP contribution in [-0.2, 0) is 39.8 Å². The third-order valence-electron chi connectivity index (χ3n) is 5.79. The van der Waals surface area contributed by atoms with Gasteiger partial charge in [0.1, 0.15) is 19.8 Å². The van der Waals surface area contributed by atoms with Gasteiger partial charge in [-0.25, -0.2) is 9.13 Å². The molecule has 34 heavy (non-hydrogen) atoms. The summed E-state index contributed by atoms with van der Waals surface area (Å²) >= 11 is 0. The van der Waals surface area contributed by atoms with Crippen molar-refractivity contribution in [1.29, 1.82) is 0 Å². The molecule has 0 spiro atoms. The van der Waals surface area contributed by atoms with E-state index in [0.29, 0.717) is 0 Å². The highest BCUT2D eigenvalue weighted by atomic mass is 127. The van der Waals surface area contributed by atoms with Gasteiger partial charge in [0.25, 0.3) is 0 Å². The highest BCUT2D eigenvalue weighted by Crippen LogP contribution is 2.33. The van der Waals surface area contributed by atoms with E-state index in [4.69, 9.17) is 9.47 Å². The van der Waals surface area contributed by atoms with Gasteiger partial charge >= 0.3 is 0 Å². The minimum Gasteiger partial charge on any atom is -1.00 e. The predicted molar refractivity (Wildman–Crippen MR) is 130 cm³/mol. The van der Waals surface area contributed by atoms with Crippen LogP contribution in [0.1, 0.15) is 22.3 Å². The minimum absolute atomic E-state index is 0. The van der Waals surface area contributed by atoms with Crippen molar-refractivity contribution in [3.05, 3.63) is 114 Å². The quantitative estimate of drug-likeness (QED) is 0.228. The summed E-state index contributed by atoms with van der Waals surface area (Å²) < 4.78 is 15.9. The van der Waals surface area contributed by atoms with Gasteiger partial charge in [-0.05, 0) is 73.2 Å². The fourth-order valence-electron chi connectivity index (χ4n) is 3.98. The molecular weight excluding hydrogens is 535 g/mol. The summed E-state index contributed by atoms with van der Waals surface area (Å²) in [6.07, 6.45) is 12.4. The Balaban J connectivity index is 0.00000324. The monoisotopic (exact) mass is 567 g/mol. The lowest BCUT2D eigenvalue weighted by Gasteiger charge is -2.13. The highest BCUT2D eigenvalue weighted by Gasteiger charge is 2.09. The number of methoxy groups -OCH3 is 1. The zero-order valence-corrected chi connectivity index (χ0v) is 22.2. The fraction of sp³-hybridized carbons (Fsp3) is 0.241. The topological polar surface area (TPSA) is 26.2 Å². The number of aromatic nitrogens is 2. The van der Waals surface area contributed by atoms with Gasteiger partial charge in [-0.2, -0.15) is 0 Å². The van der Waals surface area contributed by atoms with Gasteiger partial charge in [-0.3, -0.25) is 0 Å². The molecule has 0 aliphatic rings. The van der Waals surface area contributed by atoms with Crippen LogP contribution in [-0.4, -0.2) is 7.11 Å². The Hall–Kier alpha value is -2.93. The van der Waals surface area contributed by atoms with E-state index in [1.165, 1.54) is 22.3 Å². The van der Waals surface area contributed by atoms with Gasteiger partial charge in [-0.15, -0.1) is 0 Å². The van der Waals surface area contributed by atoms with Crippen LogP contribution in [0.25, 0.3) is 0 Å². The van der Waals surface area contributed by atoms with E-state index >= 15 is 0 Å². The largest absolute Gasteiger partial charge is 1.00 e. The van der Waals surface area contributed by atoms with E-state index in [0.717, 1.165) is 42.9 Å². The van der Waals surface area contributed by atoms with Crippen LogP contribution >= 0.6 is 0 Å². The van der Waals surface area contributed by atoms with Crippen molar-refractivity contribution < 1.29 is 42.6 Å². The number of benzene rings is 2. The highest BCUT2D eigenvalue weighted by molar-refractivity contribution is 5.46. The average molecular weight is 567 g/mol. The number of halogens is 1. The lowest BCUT2D eigenvalue weighted by Crippen LogP contribution is -3.00. The molecule has 0 N–H and O–H groups in total. The van der Waals surface area contributed by atoms with E-state index in [1.54, 1.807) is 7.11 Å². The third kappa shape index (κ3) is 7.29. The van der Waals surface area contributed by atoms with Gasteiger partial charge in [0.2, 0.25) is 0 Å². The fourth-order valence-corrected chi connectivity index (χ4v) is 3.98. The van der Waals surface area contributed by atoms with E-state index < -0.39 is 0 Å². The lowest BCUT2D eigenvalue weighted by molar-refractivity contribution is -0.672. The van der Waals surface area contributed by atoms with Crippen LogP contribution in [0, 0.1) is 0 Å². The molecule has 4 rings (SSSR count). The molecule has 0 unspecified atom stereocenters. The first-order chi connectivity index (χ1) is 16.1. The van der Waals surface area contributed by atoms with Crippen LogP contribution < -0.4 is 42.6 Å². The van der Waals surface area contributed by atoms with Gasteiger partial charge in [-0.1, -0.05) is 18.2 Å². The van der Waals surface area contributed by atoms with E-state index in [9.17, 15) is 0 Å². The van der Waals surface area contributed by atoms with Crippen LogP contribution in [0.5, 0.6) is 17.2 Å². The van der Waals surface area contributed by atoms with E-state index in [-0.39, 0.29) is 24.0 Å². The Labute approximate surface area is 219 Å². The number of rotatable bonds is 9. The number of pyridine rings is 2. The number of ether oxygens (including phenoxy) is 2. The molecule has 0 atom stereocenters. The second-order valence-electron chi connectivity index (χ2n) is 8.49. The maximum absolute atomic E-state index is 6.21. The normalized spacial score (nSPS) is 10.4. The molecule has 0 fully saturated rings. The molecule has 5 heteroatoms. The predicted octanol–water partition coefficient (Wildman–Crippen LogP) is 1.71. The zero-order valence-electron chi connectivity index (χ0n) is 20.1. The summed E-state index contributed by atoms with van der Waals surface area (Å²) in [5.41, 5.74) is 5.18. The summed E-state index contributed by atoms with van der Waals surface area (Å²) in [6.45, 7) is 0. The van der Waals surface area contributed by atoms with Gasteiger partial charge in [0, 0.05) is 23.3 Å². The number of hydrogen-bond acceptors (Lipinski definition) is 2. The van der Waals surface area contributed by atoms with Crippen LogP contribution in [0.3, 0.4) is 0 Å². The first-order valence-electron chi connectivity index (χ1n) is 11.4. The second-order valence-corrected chi connectivity index (χ2v) is 8.49. The molecular formula is C29H32IN2O2+. The molecule has 0 amide bonds. The maximum Gasteiger partial charge on any atom is 0.171 e. The van der Waals surface area contributed by atoms with Crippen LogP contribution in [0.4, 0.5) is 0 Å². The molecule has 2 aromatic carbocycles. The van der Waals surface area contributed by atoms with Crippen molar-refractivity contribution in [3.8, 4) is 17.2 Å². The zero-order chi connectivity index (χ0) is 23.0. The molecule has 0 radical (unpaired) electrons. The van der Waals surface area contributed by atoms with Gasteiger partial charge < -0.3 is 33.5 Å². The molecule has 0 saturated carbocycles. The van der Waals surface area contributed by atoms with Gasteiger partial charge in [0.05, 0.1) is 7.11 Å². The van der Waals surface area contributed by atoms with E-state index in [1.807, 2.05) is 18.2 Å². The molecule has 0 aliphatic heterocycles. The van der Waals surface area contributed by atoms with Crippen molar-refractivity contribution in [2.24, 2.45) is 14.1 Å². The first-order valence-corrected chi connectivity index (χ1v) is 11.4. The Morgan fingerprint density at radius 3 is 1.71 bits per heavy atom. The molecule has 2 heterocycles. The van der Waals surface area contributed by atoms with Crippen molar-refractivity contribution in [1.82, 2.24) is 0 Å². The second kappa shape index (κ2) is 12.5. The van der Waals surface area contributed by atoms with E-state index in [2.05, 4.69) is 96.5 Å². The molecule has 0 aliphatic carbocycles. The van der Waals surface area contributed by atoms with Crippen molar-refractivity contribution >= 4 is 0 Å². The number of hydrogen-bond donors (Lipinski definition) is 0. The molecule has 4 aromatic rings. The van der Waals surface area contributed by atoms with Crippen molar-refractivity contribution in [2.45, 2.75) is 25.7 Å². The van der Waals surface area contributed by atoms with Crippen LogP contribution in [0.2, 0.25) is 0 Å². The average Bonchev–Trinajstić information content (AvgIpc) is 2.83. The summed E-state index contributed by atoms with van der Waals surface area (Å²) in [6, 6.07) is 23.1.